The number of hydrogen-bond donors (Lipinski definition) is 1. The molecular weight excluding hydrogens is 242 g/mol. The molecule has 0 fully saturated rings. The lowest BCUT2D eigenvalue weighted by molar-refractivity contribution is 0.102. The van der Waals surface area contributed by atoms with E-state index in [-0.39, 0.29) is 5.91 Å². The van der Waals surface area contributed by atoms with Crippen LogP contribution in [0.4, 0.5) is 5.13 Å². The fourth-order valence-electron chi connectivity index (χ4n) is 1.16. The predicted molar refractivity (Wildman–Crippen MR) is 66.4 cm³/mol. The standard InChI is InChI=1S/C10H11N3OS2/c1-5-4-8(13-16-5)9(14)12-10-11-6(2)7(3)15-10/h4H,1-3H3,(H,11,12,14). The van der Waals surface area contributed by atoms with Crippen LogP contribution in [0.1, 0.15) is 25.9 Å². The van der Waals surface area contributed by atoms with Gasteiger partial charge in [-0.3, -0.25) is 10.1 Å². The van der Waals surface area contributed by atoms with Crippen molar-refractivity contribution in [2.24, 2.45) is 0 Å². The van der Waals surface area contributed by atoms with Gasteiger partial charge in [-0.1, -0.05) is 0 Å². The molecule has 1 amide bonds. The largest absolute Gasteiger partial charge is 0.296 e. The molecule has 0 bridgehead atoms. The monoisotopic (exact) mass is 253 g/mol. The van der Waals surface area contributed by atoms with Crippen molar-refractivity contribution in [1.82, 2.24) is 9.36 Å². The summed E-state index contributed by atoms with van der Waals surface area (Å²) in [5, 5.41) is 3.38. The van der Waals surface area contributed by atoms with Crippen molar-refractivity contribution in [3.63, 3.8) is 0 Å². The van der Waals surface area contributed by atoms with Gasteiger partial charge in [-0.25, -0.2) is 4.98 Å². The third-order valence-electron chi connectivity index (χ3n) is 2.11. The summed E-state index contributed by atoms with van der Waals surface area (Å²) >= 11 is 2.80. The van der Waals surface area contributed by atoms with Crippen LogP contribution in [0, 0.1) is 20.8 Å². The molecule has 0 aliphatic heterocycles. The third kappa shape index (κ3) is 2.28. The zero-order valence-electron chi connectivity index (χ0n) is 9.20. The molecule has 4 nitrogen and oxygen atoms in total. The number of carbonyl (C=O) groups is 1. The molecule has 2 heterocycles. The van der Waals surface area contributed by atoms with E-state index in [2.05, 4.69) is 14.7 Å². The van der Waals surface area contributed by atoms with Crippen molar-refractivity contribution in [3.05, 3.63) is 27.2 Å². The number of aromatic nitrogens is 2. The number of amides is 1. The average Bonchev–Trinajstić information content (AvgIpc) is 2.75. The molecule has 0 spiro atoms. The Kier molecular flexibility index (Phi) is 3.02. The Morgan fingerprint density at radius 1 is 1.38 bits per heavy atom. The van der Waals surface area contributed by atoms with E-state index in [1.54, 1.807) is 6.07 Å². The van der Waals surface area contributed by atoms with Crippen LogP contribution in [-0.4, -0.2) is 15.3 Å². The summed E-state index contributed by atoms with van der Waals surface area (Å²) in [6.07, 6.45) is 0. The molecule has 0 saturated heterocycles. The summed E-state index contributed by atoms with van der Waals surface area (Å²) in [7, 11) is 0. The SMILES string of the molecule is Cc1cc(C(=O)Nc2nc(C)c(C)s2)ns1. The first kappa shape index (κ1) is 11.2. The van der Waals surface area contributed by atoms with Gasteiger partial charge < -0.3 is 0 Å². The van der Waals surface area contributed by atoms with Crippen LogP contribution in [0.2, 0.25) is 0 Å². The molecule has 2 aromatic heterocycles. The van der Waals surface area contributed by atoms with Crippen LogP contribution in [-0.2, 0) is 0 Å². The number of rotatable bonds is 2. The Labute approximate surface area is 102 Å². The van der Waals surface area contributed by atoms with Crippen LogP contribution in [0.15, 0.2) is 6.07 Å². The minimum Gasteiger partial charge on any atom is -0.296 e. The Bertz CT molecular complexity index is 510. The minimum atomic E-state index is -0.196. The fraction of sp³-hybridized carbons (Fsp3) is 0.300. The summed E-state index contributed by atoms with van der Waals surface area (Å²) < 4.78 is 4.05. The number of carbonyl (C=O) groups excluding carboxylic acids is 1. The van der Waals surface area contributed by atoms with Crippen molar-refractivity contribution in [3.8, 4) is 0 Å². The average molecular weight is 253 g/mol. The van der Waals surface area contributed by atoms with Gasteiger partial charge >= 0.3 is 0 Å². The van der Waals surface area contributed by atoms with Crippen molar-refractivity contribution in [2.45, 2.75) is 20.8 Å². The summed E-state index contributed by atoms with van der Waals surface area (Å²) in [6.45, 7) is 5.83. The number of thiazole rings is 1. The van der Waals surface area contributed by atoms with Gasteiger partial charge in [-0.15, -0.1) is 11.3 Å². The highest BCUT2D eigenvalue weighted by molar-refractivity contribution is 7.15. The molecule has 0 aliphatic rings. The Hall–Kier alpha value is -1.27. The maximum atomic E-state index is 11.7. The second kappa shape index (κ2) is 4.31. The van der Waals surface area contributed by atoms with Gasteiger partial charge in [0, 0.05) is 9.75 Å². The van der Waals surface area contributed by atoms with Gasteiger partial charge in [-0.05, 0) is 38.4 Å². The van der Waals surface area contributed by atoms with Gasteiger partial charge in [0.2, 0.25) is 0 Å². The molecule has 2 rings (SSSR count). The van der Waals surface area contributed by atoms with Gasteiger partial charge in [-0.2, -0.15) is 4.37 Å². The lowest BCUT2D eigenvalue weighted by atomic mass is 10.4. The molecule has 0 saturated carbocycles. The van der Waals surface area contributed by atoms with Crippen molar-refractivity contribution in [2.75, 3.05) is 5.32 Å². The predicted octanol–water partition coefficient (Wildman–Crippen LogP) is 2.78. The maximum Gasteiger partial charge on any atom is 0.277 e. The Balaban J connectivity index is 2.13. The van der Waals surface area contributed by atoms with E-state index < -0.39 is 0 Å². The first-order valence-electron chi connectivity index (χ1n) is 4.75. The van der Waals surface area contributed by atoms with Crippen LogP contribution in [0.25, 0.3) is 0 Å². The first-order valence-corrected chi connectivity index (χ1v) is 6.34. The van der Waals surface area contributed by atoms with E-state index in [1.807, 2.05) is 20.8 Å². The Morgan fingerprint density at radius 3 is 2.62 bits per heavy atom. The number of hydrogen-bond acceptors (Lipinski definition) is 5. The Morgan fingerprint density at radius 2 is 2.12 bits per heavy atom. The second-order valence-corrected chi connectivity index (χ2v) is 5.65. The quantitative estimate of drug-likeness (QED) is 0.895. The summed E-state index contributed by atoms with van der Waals surface area (Å²) in [4.78, 5) is 18.1. The molecule has 0 radical (unpaired) electrons. The third-order valence-corrected chi connectivity index (χ3v) is 3.79. The second-order valence-electron chi connectivity index (χ2n) is 3.44. The highest BCUT2D eigenvalue weighted by Crippen LogP contribution is 2.21. The van der Waals surface area contributed by atoms with E-state index in [0.717, 1.165) is 15.4 Å². The topological polar surface area (TPSA) is 54.9 Å². The van der Waals surface area contributed by atoms with Gasteiger partial charge in [0.1, 0.15) is 5.69 Å². The lowest BCUT2D eigenvalue weighted by Gasteiger charge is -1.96. The molecule has 0 aliphatic carbocycles. The molecule has 0 atom stereocenters. The zero-order chi connectivity index (χ0) is 11.7. The fourth-order valence-corrected chi connectivity index (χ4v) is 2.51. The minimum absolute atomic E-state index is 0.196. The summed E-state index contributed by atoms with van der Waals surface area (Å²) in [6, 6.07) is 1.77. The van der Waals surface area contributed by atoms with Crippen molar-refractivity contribution < 1.29 is 4.79 Å². The smallest absolute Gasteiger partial charge is 0.277 e. The van der Waals surface area contributed by atoms with E-state index in [0.29, 0.717) is 10.8 Å². The molecule has 0 unspecified atom stereocenters. The highest BCUT2D eigenvalue weighted by Gasteiger charge is 2.12. The lowest BCUT2D eigenvalue weighted by Crippen LogP contribution is -2.11. The van der Waals surface area contributed by atoms with E-state index in [1.165, 1.54) is 22.9 Å². The number of anilines is 1. The first-order chi connectivity index (χ1) is 7.56. The molecule has 6 heteroatoms. The molecule has 1 N–H and O–H groups in total. The molecule has 0 aromatic carbocycles. The summed E-state index contributed by atoms with van der Waals surface area (Å²) in [5.74, 6) is -0.196. The molecular formula is C10H11N3OS2. The molecule has 2 aromatic rings. The van der Waals surface area contributed by atoms with Gasteiger partial charge in [0.15, 0.2) is 5.13 Å². The van der Waals surface area contributed by atoms with E-state index >= 15 is 0 Å². The van der Waals surface area contributed by atoms with Crippen LogP contribution in [0.3, 0.4) is 0 Å². The van der Waals surface area contributed by atoms with Crippen LogP contribution in [0.5, 0.6) is 0 Å². The normalized spacial score (nSPS) is 10.4. The van der Waals surface area contributed by atoms with E-state index in [4.69, 9.17) is 0 Å². The van der Waals surface area contributed by atoms with Crippen LogP contribution < -0.4 is 5.32 Å². The number of aryl methyl sites for hydroxylation is 3. The molecule has 84 valence electrons. The number of nitrogens with one attached hydrogen (secondary N) is 1. The molecule has 16 heavy (non-hydrogen) atoms. The van der Waals surface area contributed by atoms with Crippen molar-refractivity contribution >= 4 is 33.9 Å². The zero-order valence-corrected chi connectivity index (χ0v) is 10.8. The van der Waals surface area contributed by atoms with Gasteiger partial charge in [0.05, 0.1) is 5.69 Å². The summed E-state index contributed by atoms with van der Waals surface area (Å²) in [5.41, 5.74) is 1.41. The van der Waals surface area contributed by atoms with Crippen LogP contribution >= 0.6 is 22.9 Å². The number of nitrogens with zero attached hydrogens (tertiary/aromatic N) is 2. The maximum absolute atomic E-state index is 11.7. The highest BCUT2D eigenvalue weighted by atomic mass is 32.1. The van der Waals surface area contributed by atoms with Gasteiger partial charge in [0.25, 0.3) is 5.91 Å². The van der Waals surface area contributed by atoms with E-state index in [9.17, 15) is 4.79 Å². The van der Waals surface area contributed by atoms with Crippen molar-refractivity contribution in [1.29, 1.82) is 0 Å².